The summed E-state index contributed by atoms with van der Waals surface area (Å²) in [5.41, 5.74) is 2.01. The van der Waals surface area contributed by atoms with Gasteiger partial charge in [0.25, 0.3) is 0 Å². The van der Waals surface area contributed by atoms with Crippen LogP contribution in [-0.4, -0.2) is 23.4 Å². The smallest absolute Gasteiger partial charge is 0.423 e. The maximum absolute atomic E-state index is 9.16. The molecule has 3 aromatic rings. The van der Waals surface area contributed by atoms with Gasteiger partial charge in [-0.2, -0.15) is 30.3 Å². The summed E-state index contributed by atoms with van der Waals surface area (Å²) in [6, 6.07) is 24.6. The standard InChI is InChI=1S/C12H11BNO2.C5H5.Fe/c15-13(16)12-8-4-1-5-10(12)9-14-11-6-2-3-7-11;1-2-4-5-3-1;/h1-9,15-16H;1-5H;/q2*-1;+2. The summed E-state index contributed by atoms with van der Waals surface area (Å²) in [5.74, 6) is 0. The fraction of sp³-hybridized carbons (Fsp3) is 0. The van der Waals surface area contributed by atoms with Crippen molar-refractivity contribution in [1.29, 1.82) is 0 Å². The Labute approximate surface area is 141 Å². The Morgan fingerprint density at radius 2 is 1.59 bits per heavy atom. The third kappa shape index (κ3) is 5.84. The molecule has 0 unspecified atom stereocenters. The van der Waals surface area contributed by atoms with Crippen LogP contribution in [0, 0.1) is 0 Å². The molecule has 0 spiro atoms. The molecular formula is C17H16BFeNO2. The SMILES string of the molecule is OB(O)c1ccccc1C=N[c-]1cccc1.[Fe+2].c1cc[cH-]c1. The molecule has 3 rings (SSSR count). The molecule has 0 bridgehead atoms. The molecule has 3 aromatic carbocycles. The van der Waals surface area contributed by atoms with Gasteiger partial charge < -0.3 is 15.0 Å². The minimum absolute atomic E-state index is 0. The normalized spacial score (nSPS) is 9.73. The molecule has 3 nitrogen and oxygen atoms in total. The molecule has 0 aliphatic carbocycles. The predicted octanol–water partition coefficient (Wildman–Crippen LogP) is 2.24. The van der Waals surface area contributed by atoms with Crippen molar-refractivity contribution in [3.63, 3.8) is 0 Å². The molecule has 0 amide bonds. The molecule has 0 atom stereocenters. The van der Waals surface area contributed by atoms with Crippen molar-refractivity contribution in [2.45, 2.75) is 0 Å². The Hall–Kier alpha value is -1.91. The van der Waals surface area contributed by atoms with Gasteiger partial charge in [-0.05, 0) is 22.9 Å². The van der Waals surface area contributed by atoms with E-state index in [2.05, 4.69) is 4.99 Å². The molecule has 0 radical (unpaired) electrons. The average molecular weight is 333 g/mol. The van der Waals surface area contributed by atoms with E-state index in [-0.39, 0.29) is 17.1 Å². The molecule has 22 heavy (non-hydrogen) atoms. The van der Waals surface area contributed by atoms with Crippen molar-refractivity contribution in [2.75, 3.05) is 0 Å². The van der Waals surface area contributed by atoms with Crippen LogP contribution in [0.3, 0.4) is 0 Å². The molecule has 0 fully saturated rings. The maximum Gasteiger partial charge on any atom is 2.00 e. The summed E-state index contributed by atoms with van der Waals surface area (Å²) in [4.78, 5) is 4.23. The molecule has 2 N–H and O–H groups in total. The van der Waals surface area contributed by atoms with Crippen LogP contribution >= 0.6 is 0 Å². The first kappa shape index (κ1) is 18.1. The van der Waals surface area contributed by atoms with Crippen LogP contribution in [-0.2, 0) is 17.1 Å². The van der Waals surface area contributed by atoms with Crippen molar-refractivity contribution in [3.8, 4) is 0 Å². The molecular weight excluding hydrogens is 317 g/mol. The second-order valence-corrected chi connectivity index (χ2v) is 4.37. The number of nitrogens with zero attached hydrogens (tertiary/aromatic N) is 1. The van der Waals surface area contributed by atoms with E-state index in [1.165, 1.54) is 0 Å². The van der Waals surface area contributed by atoms with Crippen LogP contribution in [0.1, 0.15) is 5.56 Å². The third-order valence-electron chi connectivity index (χ3n) is 2.83. The van der Waals surface area contributed by atoms with E-state index in [0.29, 0.717) is 11.0 Å². The Morgan fingerprint density at radius 3 is 2.14 bits per heavy atom. The zero-order chi connectivity index (χ0) is 14.9. The minimum Gasteiger partial charge on any atom is -0.423 e. The van der Waals surface area contributed by atoms with E-state index in [1.807, 2.05) is 60.7 Å². The Bertz CT molecular complexity index is 632. The van der Waals surface area contributed by atoms with E-state index in [9.17, 15) is 0 Å². The predicted molar refractivity (Wildman–Crippen MR) is 87.6 cm³/mol. The van der Waals surface area contributed by atoms with Gasteiger partial charge in [0.05, 0.1) is 0 Å². The molecule has 0 saturated carbocycles. The summed E-state index contributed by atoms with van der Waals surface area (Å²) in [6.45, 7) is 0. The van der Waals surface area contributed by atoms with Gasteiger partial charge in [0.1, 0.15) is 0 Å². The van der Waals surface area contributed by atoms with E-state index in [4.69, 9.17) is 10.0 Å². The van der Waals surface area contributed by atoms with Crippen LogP contribution in [0.5, 0.6) is 0 Å². The molecule has 112 valence electrons. The van der Waals surface area contributed by atoms with E-state index in [1.54, 1.807) is 24.4 Å². The molecule has 0 aromatic heterocycles. The first-order valence-electron chi connectivity index (χ1n) is 6.65. The quantitative estimate of drug-likeness (QED) is 0.439. The molecule has 0 aliphatic rings. The largest absolute Gasteiger partial charge is 2.00 e. The molecule has 0 aliphatic heterocycles. The van der Waals surface area contributed by atoms with Crippen LogP contribution in [0.4, 0.5) is 5.69 Å². The number of aliphatic imine (C=N–C) groups is 1. The van der Waals surface area contributed by atoms with Crippen molar-refractivity contribution >= 4 is 24.5 Å². The summed E-state index contributed by atoms with van der Waals surface area (Å²) in [7, 11) is -1.47. The number of rotatable bonds is 3. The topological polar surface area (TPSA) is 52.8 Å². The Morgan fingerprint density at radius 1 is 0.955 bits per heavy atom. The van der Waals surface area contributed by atoms with E-state index < -0.39 is 7.12 Å². The van der Waals surface area contributed by atoms with Gasteiger partial charge in [-0.15, -0.1) is 12.1 Å². The molecule has 5 heteroatoms. The van der Waals surface area contributed by atoms with Gasteiger partial charge in [-0.3, -0.25) is 0 Å². The number of hydrogen-bond donors (Lipinski definition) is 2. The monoisotopic (exact) mass is 333 g/mol. The van der Waals surface area contributed by atoms with Gasteiger partial charge >= 0.3 is 24.2 Å². The minimum atomic E-state index is -1.47. The van der Waals surface area contributed by atoms with Crippen LogP contribution in [0.2, 0.25) is 0 Å². The molecule has 0 heterocycles. The van der Waals surface area contributed by atoms with Crippen LogP contribution in [0.25, 0.3) is 0 Å². The van der Waals surface area contributed by atoms with Gasteiger partial charge in [-0.25, -0.2) is 12.1 Å². The second-order valence-electron chi connectivity index (χ2n) is 4.37. The zero-order valence-corrected chi connectivity index (χ0v) is 13.0. The van der Waals surface area contributed by atoms with Gasteiger partial charge in [0.15, 0.2) is 0 Å². The van der Waals surface area contributed by atoms with Crippen LogP contribution < -0.4 is 5.46 Å². The zero-order valence-electron chi connectivity index (χ0n) is 11.9. The number of hydrogen-bond acceptors (Lipinski definition) is 3. The average Bonchev–Trinajstić information content (AvgIpc) is 3.21. The fourth-order valence-electron chi connectivity index (χ4n) is 1.78. The summed E-state index contributed by atoms with van der Waals surface area (Å²) < 4.78 is 0. The fourth-order valence-corrected chi connectivity index (χ4v) is 1.78. The van der Waals surface area contributed by atoms with Gasteiger partial charge in [0.2, 0.25) is 0 Å². The maximum atomic E-state index is 9.16. The Kier molecular flexibility index (Phi) is 8.19. The van der Waals surface area contributed by atoms with Gasteiger partial charge in [-0.1, -0.05) is 24.3 Å². The van der Waals surface area contributed by atoms with Crippen molar-refractivity contribution in [1.82, 2.24) is 0 Å². The summed E-state index contributed by atoms with van der Waals surface area (Å²) >= 11 is 0. The first-order valence-corrected chi connectivity index (χ1v) is 6.65. The summed E-state index contributed by atoms with van der Waals surface area (Å²) in [5, 5.41) is 18.3. The van der Waals surface area contributed by atoms with E-state index >= 15 is 0 Å². The molecule has 0 saturated heterocycles. The first-order chi connectivity index (χ1) is 10.3. The number of benzene rings is 1. The third-order valence-corrected chi connectivity index (χ3v) is 2.83. The second kappa shape index (κ2) is 9.93. The van der Waals surface area contributed by atoms with Crippen LogP contribution in [0.15, 0.2) is 83.9 Å². The van der Waals surface area contributed by atoms with Crippen molar-refractivity contribution in [2.24, 2.45) is 4.99 Å². The van der Waals surface area contributed by atoms with Gasteiger partial charge in [0, 0.05) is 0 Å². The van der Waals surface area contributed by atoms with Crippen molar-refractivity contribution < 1.29 is 27.1 Å². The summed E-state index contributed by atoms with van der Waals surface area (Å²) in [6.07, 6.45) is 1.63. The van der Waals surface area contributed by atoms with Crippen molar-refractivity contribution in [3.05, 3.63) is 84.4 Å². The Balaban J connectivity index is 0.000000344. The van der Waals surface area contributed by atoms with E-state index in [0.717, 1.165) is 5.69 Å².